The third-order valence-corrected chi connectivity index (χ3v) is 4.99. The Kier molecular flexibility index (Phi) is 4.91. The maximum absolute atomic E-state index is 6.06. The molecule has 0 spiro atoms. The van der Waals surface area contributed by atoms with E-state index >= 15 is 0 Å². The number of fused-ring (bicyclic) bond motifs is 2. The molecule has 0 radical (unpaired) electrons. The third-order valence-electron chi connectivity index (χ3n) is 4.50. The second kappa shape index (κ2) is 6.92. The number of halogens is 1. The summed E-state index contributed by atoms with van der Waals surface area (Å²) in [6.07, 6.45) is 4.57. The molecule has 0 aromatic heterocycles. The van der Waals surface area contributed by atoms with Crippen molar-refractivity contribution >= 4 is 21.5 Å². The van der Waals surface area contributed by atoms with Crippen LogP contribution in [0.5, 0.6) is 5.75 Å². The van der Waals surface area contributed by atoms with Gasteiger partial charge >= 0.3 is 0 Å². The summed E-state index contributed by atoms with van der Waals surface area (Å²) in [6.45, 7) is 8.69. The highest BCUT2D eigenvalue weighted by Gasteiger charge is 2.18. The number of hydrogen-bond acceptors (Lipinski definition) is 1. The Bertz CT molecular complexity index is 733. The zero-order valence-corrected chi connectivity index (χ0v) is 15.4. The van der Waals surface area contributed by atoms with E-state index in [0.717, 1.165) is 41.5 Å². The molecule has 0 saturated carbocycles. The van der Waals surface area contributed by atoms with Gasteiger partial charge < -0.3 is 4.74 Å². The van der Waals surface area contributed by atoms with Crippen LogP contribution in [0.3, 0.4) is 0 Å². The largest absolute Gasteiger partial charge is 0.491 e. The quantitative estimate of drug-likeness (QED) is 0.624. The van der Waals surface area contributed by atoms with Gasteiger partial charge in [-0.25, -0.2) is 0 Å². The lowest BCUT2D eigenvalue weighted by molar-refractivity contribution is 0.210. The number of rotatable bonds is 4. The van der Waals surface area contributed by atoms with Crippen molar-refractivity contribution in [2.24, 2.45) is 0 Å². The highest BCUT2D eigenvalue weighted by atomic mass is 79.9. The van der Waals surface area contributed by atoms with E-state index in [1.807, 2.05) is 0 Å². The van der Waals surface area contributed by atoms with Gasteiger partial charge in [0.15, 0.2) is 0 Å². The second-order valence-electron chi connectivity index (χ2n) is 6.32. The maximum atomic E-state index is 6.06. The Balaban J connectivity index is 1.92. The van der Waals surface area contributed by atoms with Crippen LogP contribution in [0.25, 0.3) is 5.57 Å². The van der Waals surface area contributed by atoms with Gasteiger partial charge in [0.2, 0.25) is 0 Å². The molecular weight excluding hydrogens is 348 g/mol. The van der Waals surface area contributed by atoms with Crippen LogP contribution in [-0.2, 0) is 12.8 Å². The molecule has 0 aliphatic heterocycles. The van der Waals surface area contributed by atoms with Crippen molar-refractivity contribution in [1.29, 1.82) is 0 Å². The van der Waals surface area contributed by atoms with Crippen molar-refractivity contribution < 1.29 is 4.74 Å². The molecule has 2 aromatic rings. The average molecular weight is 371 g/mol. The van der Waals surface area contributed by atoms with Crippen LogP contribution in [0.1, 0.15) is 48.9 Å². The summed E-state index contributed by atoms with van der Waals surface area (Å²) in [5, 5.41) is 0. The molecule has 2 aromatic carbocycles. The van der Waals surface area contributed by atoms with Crippen molar-refractivity contribution in [2.45, 2.75) is 45.6 Å². The number of aryl methyl sites for hydroxylation is 2. The topological polar surface area (TPSA) is 9.23 Å². The second-order valence-corrected chi connectivity index (χ2v) is 7.23. The maximum Gasteiger partial charge on any atom is 0.120 e. The van der Waals surface area contributed by atoms with Gasteiger partial charge in [-0.15, -0.1) is 0 Å². The zero-order valence-electron chi connectivity index (χ0n) is 13.9. The molecule has 0 heterocycles. The van der Waals surface area contributed by atoms with E-state index in [-0.39, 0.29) is 6.10 Å². The Morgan fingerprint density at radius 2 is 1.87 bits per heavy atom. The Morgan fingerprint density at radius 1 is 1.09 bits per heavy atom. The summed E-state index contributed by atoms with van der Waals surface area (Å²) in [5.41, 5.74) is 6.32. The highest BCUT2D eigenvalue weighted by Crippen LogP contribution is 2.35. The van der Waals surface area contributed by atoms with E-state index in [0.29, 0.717) is 0 Å². The van der Waals surface area contributed by atoms with Gasteiger partial charge in [0.25, 0.3) is 0 Å². The molecule has 0 saturated heterocycles. The normalized spacial score (nSPS) is 14.7. The van der Waals surface area contributed by atoms with Crippen LogP contribution in [0.15, 0.2) is 47.4 Å². The minimum Gasteiger partial charge on any atom is -0.491 e. The van der Waals surface area contributed by atoms with E-state index in [4.69, 9.17) is 4.74 Å². The van der Waals surface area contributed by atoms with Crippen LogP contribution in [0.2, 0.25) is 0 Å². The molecule has 23 heavy (non-hydrogen) atoms. The molecule has 1 nitrogen and oxygen atoms in total. The van der Waals surface area contributed by atoms with Gasteiger partial charge in [0, 0.05) is 4.47 Å². The lowest BCUT2D eigenvalue weighted by Gasteiger charge is -2.16. The molecule has 3 rings (SSSR count). The van der Waals surface area contributed by atoms with Gasteiger partial charge in [-0.1, -0.05) is 48.0 Å². The number of hydrogen-bond donors (Lipinski definition) is 0. The first kappa shape index (κ1) is 16.3. The summed E-state index contributed by atoms with van der Waals surface area (Å²) in [4.78, 5) is 0. The van der Waals surface area contributed by atoms with E-state index in [9.17, 15) is 0 Å². The smallest absolute Gasteiger partial charge is 0.120 e. The first-order chi connectivity index (χ1) is 11.1. The standard InChI is InChI=1S/C21H23BrO/c1-4-5-14(2)23-19-10-11-20-15(3)21-13-18(22)9-8-16(21)6-7-17(20)12-19/h8-14H,3-7H2,1-2H3. The fourth-order valence-electron chi connectivity index (χ4n) is 3.30. The van der Waals surface area contributed by atoms with Crippen LogP contribution in [0.4, 0.5) is 0 Å². The van der Waals surface area contributed by atoms with Crippen LogP contribution in [0, 0.1) is 0 Å². The monoisotopic (exact) mass is 370 g/mol. The van der Waals surface area contributed by atoms with Gasteiger partial charge in [-0.3, -0.25) is 0 Å². The summed E-state index contributed by atoms with van der Waals surface area (Å²) in [5.74, 6) is 0.977. The van der Waals surface area contributed by atoms with E-state index in [2.05, 4.69) is 72.8 Å². The van der Waals surface area contributed by atoms with Gasteiger partial charge in [-0.2, -0.15) is 0 Å². The summed E-state index contributed by atoms with van der Waals surface area (Å²) < 4.78 is 7.16. The van der Waals surface area contributed by atoms with Crippen molar-refractivity contribution in [3.63, 3.8) is 0 Å². The molecule has 1 aliphatic carbocycles. The lowest BCUT2D eigenvalue weighted by atomic mass is 9.95. The van der Waals surface area contributed by atoms with Crippen LogP contribution in [-0.4, -0.2) is 6.10 Å². The van der Waals surface area contributed by atoms with Crippen molar-refractivity contribution in [3.8, 4) is 5.75 Å². The Labute approximate surface area is 147 Å². The zero-order chi connectivity index (χ0) is 16.4. The molecule has 0 bridgehead atoms. The summed E-state index contributed by atoms with van der Waals surface area (Å²) in [6, 6.07) is 13.0. The minimum atomic E-state index is 0.264. The average Bonchev–Trinajstić information content (AvgIpc) is 2.65. The predicted octanol–water partition coefficient (Wildman–Crippen LogP) is 6.18. The molecule has 1 atom stereocenters. The molecule has 1 unspecified atom stereocenters. The third kappa shape index (κ3) is 3.53. The summed E-state index contributed by atoms with van der Waals surface area (Å²) in [7, 11) is 0. The van der Waals surface area contributed by atoms with E-state index in [1.54, 1.807) is 0 Å². The van der Waals surface area contributed by atoms with Crippen molar-refractivity contribution in [3.05, 3.63) is 69.7 Å². The highest BCUT2D eigenvalue weighted by molar-refractivity contribution is 9.10. The van der Waals surface area contributed by atoms with Crippen molar-refractivity contribution in [2.75, 3.05) is 0 Å². The Hall–Kier alpha value is -1.54. The van der Waals surface area contributed by atoms with E-state index < -0.39 is 0 Å². The minimum absolute atomic E-state index is 0.264. The van der Waals surface area contributed by atoms with Crippen molar-refractivity contribution in [1.82, 2.24) is 0 Å². The Morgan fingerprint density at radius 3 is 2.65 bits per heavy atom. The lowest BCUT2D eigenvalue weighted by Crippen LogP contribution is -2.11. The number of benzene rings is 2. The SMILES string of the molecule is C=C1c2ccc(OC(C)CCC)cc2CCc2ccc(Br)cc21. The van der Waals surface area contributed by atoms with Crippen LogP contribution >= 0.6 is 15.9 Å². The number of ether oxygens (including phenoxy) is 1. The molecule has 2 heteroatoms. The van der Waals surface area contributed by atoms with Gasteiger partial charge in [-0.05, 0) is 78.3 Å². The fourth-order valence-corrected chi connectivity index (χ4v) is 3.67. The molecule has 0 fully saturated rings. The summed E-state index contributed by atoms with van der Waals surface area (Å²) >= 11 is 3.58. The molecule has 0 amide bonds. The van der Waals surface area contributed by atoms with Gasteiger partial charge in [0.05, 0.1) is 6.10 Å². The molecular formula is C21H23BrO. The molecule has 120 valence electrons. The molecule has 1 aliphatic rings. The first-order valence-electron chi connectivity index (χ1n) is 8.36. The van der Waals surface area contributed by atoms with Crippen LogP contribution < -0.4 is 4.74 Å². The first-order valence-corrected chi connectivity index (χ1v) is 9.15. The molecule has 0 N–H and O–H groups in total. The van der Waals surface area contributed by atoms with Gasteiger partial charge in [0.1, 0.15) is 5.75 Å². The fraction of sp³-hybridized carbons (Fsp3) is 0.333. The van der Waals surface area contributed by atoms with E-state index in [1.165, 1.54) is 22.3 Å². The predicted molar refractivity (Wildman–Crippen MR) is 101 cm³/mol.